The molecule has 102 valence electrons. The summed E-state index contributed by atoms with van der Waals surface area (Å²) in [6.07, 6.45) is 1.96. The van der Waals surface area contributed by atoms with Crippen LogP contribution in [0.5, 0.6) is 0 Å². The zero-order valence-electron chi connectivity index (χ0n) is 10.9. The van der Waals surface area contributed by atoms with Crippen molar-refractivity contribution in [2.24, 2.45) is 0 Å². The van der Waals surface area contributed by atoms with Crippen LogP contribution >= 0.6 is 11.8 Å². The van der Waals surface area contributed by atoms with Gasteiger partial charge in [-0.2, -0.15) is 11.8 Å². The van der Waals surface area contributed by atoms with Crippen molar-refractivity contribution < 1.29 is 14.3 Å². The number of thioether (sulfide) groups is 1. The van der Waals surface area contributed by atoms with Gasteiger partial charge in [0, 0.05) is 24.9 Å². The second-order valence-electron chi connectivity index (χ2n) is 3.87. The van der Waals surface area contributed by atoms with E-state index in [2.05, 4.69) is 11.8 Å². The Hall–Kier alpha value is -1.51. The Bertz CT molecular complexity index is 508. The summed E-state index contributed by atoms with van der Waals surface area (Å²) in [6.45, 7) is 0.288. The Morgan fingerprint density at radius 3 is 2.89 bits per heavy atom. The monoisotopic (exact) mass is 281 g/mol. The fourth-order valence-corrected chi connectivity index (χ4v) is 1.93. The molecule has 0 aliphatic heterocycles. The quantitative estimate of drug-likeness (QED) is 0.852. The standard InChI is InChI=1S/C14H16FNO2S/c1-16(7-9-19-2)14(18)13-10-12(15)6-5-11(13)4-3-8-17/h5-6,10,17H,7-9H2,1-2H3. The highest BCUT2D eigenvalue weighted by Crippen LogP contribution is 2.13. The lowest BCUT2D eigenvalue weighted by atomic mass is 10.1. The third kappa shape index (κ3) is 4.58. The molecule has 0 aliphatic carbocycles. The molecule has 1 aromatic carbocycles. The van der Waals surface area contributed by atoms with Crippen molar-refractivity contribution in [2.45, 2.75) is 0 Å². The lowest BCUT2D eigenvalue weighted by Crippen LogP contribution is -2.29. The summed E-state index contributed by atoms with van der Waals surface area (Å²) in [5.74, 6) is 5.20. The molecule has 0 aliphatic rings. The smallest absolute Gasteiger partial charge is 0.254 e. The highest BCUT2D eigenvalue weighted by molar-refractivity contribution is 7.98. The largest absolute Gasteiger partial charge is 0.384 e. The van der Waals surface area contributed by atoms with Gasteiger partial charge < -0.3 is 10.0 Å². The third-order valence-corrected chi connectivity index (χ3v) is 3.08. The van der Waals surface area contributed by atoms with E-state index in [0.717, 1.165) is 5.75 Å². The van der Waals surface area contributed by atoms with Gasteiger partial charge in [0.1, 0.15) is 12.4 Å². The fourth-order valence-electron chi connectivity index (χ4n) is 1.47. The zero-order chi connectivity index (χ0) is 14.3. The van der Waals surface area contributed by atoms with Crippen LogP contribution in [0.4, 0.5) is 4.39 Å². The number of hydrogen-bond donors (Lipinski definition) is 1. The molecule has 3 nitrogen and oxygen atoms in total. The summed E-state index contributed by atoms with van der Waals surface area (Å²) in [6, 6.07) is 3.88. The van der Waals surface area contributed by atoms with Crippen molar-refractivity contribution in [3.63, 3.8) is 0 Å². The van der Waals surface area contributed by atoms with Crippen LogP contribution in [0.1, 0.15) is 15.9 Å². The molecule has 0 aromatic heterocycles. The van der Waals surface area contributed by atoms with Crippen molar-refractivity contribution in [3.8, 4) is 11.8 Å². The van der Waals surface area contributed by atoms with Gasteiger partial charge in [-0.25, -0.2) is 4.39 Å². The number of aliphatic hydroxyl groups excluding tert-OH is 1. The minimum absolute atomic E-state index is 0.226. The van der Waals surface area contributed by atoms with Crippen LogP contribution in [0.15, 0.2) is 18.2 Å². The van der Waals surface area contributed by atoms with Gasteiger partial charge in [0.2, 0.25) is 0 Å². The number of nitrogens with zero attached hydrogens (tertiary/aromatic N) is 1. The molecule has 0 atom stereocenters. The molecule has 1 N–H and O–H groups in total. The maximum atomic E-state index is 13.3. The minimum Gasteiger partial charge on any atom is -0.384 e. The van der Waals surface area contributed by atoms with Crippen LogP contribution in [0.2, 0.25) is 0 Å². The van der Waals surface area contributed by atoms with E-state index in [1.807, 2.05) is 6.26 Å². The second-order valence-corrected chi connectivity index (χ2v) is 4.85. The third-order valence-electron chi connectivity index (χ3n) is 2.49. The van der Waals surface area contributed by atoms with E-state index in [1.165, 1.54) is 23.1 Å². The Kier molecular flexibility index (Phi) is 6.40. The van der Waals surface area contributed by atoms with Crippen molar-refractivity contribution >= 4 is 17.7 Å². The van der Waals surface area contributed by atoms with E-state index in [0.29, 0.717) is 12.1 Å². The van der Waals surface area contributed by atoms with Gasteiger partial charge >= 0.3 is 0 Å². The van der Waals surface area contributed by atoms with Crippen molar-refractivity contribution in [3.05, 3.63) is 35.1 Å². The molecule has 5 heteroatoms. The summed E-state index contributed by atoms with van der Waals surface area (Å²) >= 11 is 1.63. The molecule has 0 saturated heterocycles. The fraction of sp³-hybridized carbons (Fsp3) is 0.357. The molecular formula is C14H16FNO2S. The Balaban J connectivity index is 3.03. The molecule has 19 heavy (non-hydrogen) atoms. The topological polar surface area (TPSA) is 40.5 Å². The second kappa shape index (κ2) is 7.82. The first-order valence-corrected chi connectivity index (χ1v) is 7.13. The SMILES string of the molecule is CSCCN(C)C(=O)c1cc(F)ccc1C#CCO. The van der Waals surface area contributed by atoms with Crippen LogP contribution in [0, 0.1) is 17.7 Å². The van der Waals surface area contributed by atoms with Gasteiger partial charge in [-0.05, 0) is 24.5 Å². The zero-order valence-corrected chi connectivity index (χ0v) is 11.8. The molecule has 1 amide bonds. The lowest BCUT2D eigenvalue weighted by molar-refractivity contribution is 0.0803. The van der Waals surface area contributed by atoms with Crippen LogP contribution in [0.3, 0.4) is 0 Å². The highest BCUT2D eigenvalue weighted by atomic mass is 32.2. The number of halogens is 1. The van der Waals surface area contributed by atoms with Crippen molar-refractivity contribution in [1.82, 2.24) is 4.90 Å². The van der Waals surface area contributed by atoms with E-state index in [4.69, 9.17) is 5.11 Å². The van der Waals surface area contributed by atoms with Crippen LogP contribution in [0.25, 0.3) is 0 Å². The first-order valence-electron chi connectivity index (χ1n) is 5.73. The maximum absolute atomic E-state index is 13.3. The Labute approximate surface area is 116 Å². The van der Waals surface area contributed by atoms with Crippen molar-refractivity contribution in [2.75, 3.05) is 32.2 Å². The van der Waals surface area contributed by atoms with E-state index >= 15 is 0 Å². The summed E-state index contributed by atoms with van der Waals surface area (Å²) in [7, 11) is 1.67. The summed E-state index contributed by atoms with van der Waals surface area (Å²) in [4.78, 5) is 13.7. The Morgan fingerprint density at radius 1 is 1.53 bits per heavy atom. The molecule has 0 spiro atoms. The minimum atomic E-state index is -0.476. The maximum Gasteiger partial charge on any atom is 0.254 e. The highest BCUT2D eigenvalue weighted by Gasteiger charge is 2.15. The average Bonchev–Trinajstić information content (AvgIpc) is 2.42. The predicted molar refractivity (Wildman–Crippen MR) is 75.7 cm³/mol. The number of hydrogen-bond acceptors (Lipinski definition) is 3. The molecule has 1 aromatic rings. The number of amides is 1. The van der Waals surface area contributed by atoms with E-state index in [9.17, 15) is 9.18 Å². The van der Waals surface area contributed by atoms with E-state index in [-0.39, 0.29) is 18.1 Å². The summed E-state index contributed by atoms with van der Waals surface area (Å²) in [5, 5.41) is 8.69. The molecule has 0 unspecified atom stereocenters. The first-order chi connectivity index (χ1) is 9.10. The number of benzene rings is 1. The predicted octanol–water partition coefficient (Wildman–Crippen LogP) is 1.60. The molecular weight excluding hydrogens is 265 g/mol. The Morgan fingerprint density at radius 2 is 2.26 bits per heavy atom. The molecule has 0 radical (unpaired) electrons. The van der Waals surface area contributed by atoms with Gasteiger partial charge in [-0.3, -0.25) is 4.79 Å². The van der Waals surface area contributed by atoms with Gasteiger partial charge in [-0.15, -0.1) is 0 Å². The van der Waals surface area contributed by atoms with Gasteiger partial charge in [-0.1, -0.05) is 11.8 Å². The number of carbonyl (C=O) groups excluding carboxylic acids is 1. The average molecular weight is 281 g/mol. The summed E-state index contributed by atoms with van der Waals surface area (Å²) < 4.78 is 13.3. The van der Waals surface area contributed by atoms with Crippen LogP contribution < -0.4 is 0 Å². The van der Waals surface area contributed by atoms with E-state index < -0.39 is 5.82 Å². The van der Waals surface area contributed by atoms with E-state index in [1.54, 1.807) is 18.8 Å². The molecule has 1 rings (SSSR count). The number of aliphatic hydroxyl groups is 1. The summed E-state index contributed by atoms with van der Waals surface area (Å²) in [5.41, 5.74) is 0.654. The van der Waals surface area contributed by atoms with Crippen molar-refractivity contribution in [1.29, 1.82) is 0 Å². The van der Waals surface area contributed by atoms with Gasteiger partial charge in [0.05, 0.1) is 5.56 Å². The number of carbonyl (C=O) groups is 1. The lowest BCUT2D eigenvalue weighted by Gasteiger charge is -2.17. The van der Waals surface area contributed by atoms with Crippen LogP contribution in [-0.4, -0.2) is 48.1 Å². The first kappa shape index (κ1) is 15.5. The normalized spacial score (nSPS) is 9.68. The van der Waals surface area contributed by atoms with Gasteiger partial charge in [0.15, 0.2) is 0 Å². The molecule has 0 fully saturated rings. The molecule has 0 bridgehead atoms. The molecule has 0 saturated carbocycles. The van der Waals surface area contributed by atoms with Gasteiger partial charge in [0.25, 0.3) is 5.91 Å². The molecule has 0 heterocycles. The number of rotatable bonds is 4. The van der Waals surface area contributed by atoms with Crippen LogP contribution in [-0.2, 0) is 0 Å².